The normalized spacial score (nSPS) is 18.4. The first-order valence-corrected chi connectivity index (χ1v) is 10.6. The van der Waals surface area contributed by atoms with Gasteiger partial charge in [-0.2, -0.15) is 8.78 Å². The second-order valence-electron chi connectivity index (χ2n) is 8.01. The largest absolute Gasteiger partial charge is 0.465 e. The molecule has 2 aliphatic rings. The van der Waals surface area contributed by atoms with Crippen molar-refractivity contribution in [2.75, 3.05) is 6.61 Å². The topological polar surface area (TPSA) is 95.5 Å². The molecule has 2 N–H and O–H groups in total. The molecule has 9 heteroatoms. The predicted octanol–water partition coefficient (Wildman–Crippen LogP) is 4.57. The molecule has 7 nitrogen and oxygen atoms in total. The highest BCUT2D eigenvalue weighted by molar-refractivity contribution is 5.77. The molecule has 0 bridgehead atoms. The van der Waals surface area contributed by atoms with E-state index in [9.17, 15) is 8.78 Å². The number of hydrogen-bond acceptors (Lipinski definition) is 7. The molecular weight excluding hydrogens is 440 g/mol. The molecule has 0 aliphatic carbocycles. The van der Waals surface area contributed by atoms with Crippen molar-refractivity contribution < 1.29 is 18.3 Å². The van der Waals surface area contributed by atoms with Crippen LogP contribution in [0.3, 0.4) is 0 Å². The van der Waals surface area contributed by atoms with Crippen molar-refractivity contribution in [3.8, 4) is 33.9 Å². The molecule has 0 saturated carbocycles. The third kappa shape index (κ3) is 3.16. The van der Waals surface area contributed by atoms with Crippen LogP contribution in [0.2, 0.25) is 0 Å². The number of aromatic nitrogens is 3. The summed E-state index contributed by atoms with van der Waals surface area (Å²) in [6, 6.07) is 13.6. The minimum atomic E-state index is -0.978. The van der Waals surface area contributed by atoms with Crippen LogP contribution in [0.15, 0.2) is 72.1 Å². The molecule has 168 valence electrons. The number of ether oxygens (including phenoxy) is 2. The molecule has 0 radical (unpaired) electrons. The Kier molecular flexibility index (Phi) is 4.51. The second kappa shape index (κ2) is 7.58. The number of rotatable bonds is 2. The summed E-state index contributed by atoms with van der Waals surface area (Å²) < 4.78 is 39.8. The van der Waals surface area contributed by atoms with Gasteiger partial charge in [0.25, 0.3) is 6.02 Å². The average molecular weight is 457 g/mol. The zero-order valence-corrected chi connectivity index (χ0v) is 17.7. The number of nitrogens with two attached hydrogens (primary N) is 1. The number of halogens is 2. The summed E-state index contributed by atoms with van der Waals surface area (Å²) in [5, 5.41) is 0. The lowest BCUT2D eigenvalue weighted by atomic mass is 9.77. The first kappa shape index (κ1) is 20.2. The lowest BCUT2D eigenvalue weighted by Crippen LogP contribution is -2.38. The first-order chi connectivity index (χ1) is 16.5. The monoisotopic (exact) mass is 457 g/mol. The third-order valence-electron chi connectivity index (χ3n) is 6.07. The Morgan fingerprint density at radius 1 is 0.882 bits per heavy atom. The Labute approximate surface area is 193 Å². The number of benzene rings is 1. The number of nitrogens with zero attached hydrogens (tertiary/aromatic N) is 4. The second-order valence-corrected chi connectivity index (χ2v) is 8.01. The van der Waals surface area contributed by atoms with Gasteiger partial charge in [-0.1, -0.05) is 6.07 Å². The van der Waals surface area contributed by atoms with E-state index in [0.29, 0.717) is 58.0 Å². The lowest BCUT2D eigenvalue weighted by molar-refractivity contribution is 0.218. The Morgan fingerprint density at radius 3 is 2.59 bits per heavy atom. The van der Waals surface area contributed by atoms with E-state index in [4.69, 9.17) is 20.2 Å². The summed E-state index contributed by atoms with van der Waals surface area (Å²) in [6.45, 7) is 0.313. The van der Waals surface area contributed by atoms with Crippen LogP contribution < -0.4 is 10.5 Å². The van der Waals surface area contributed by atoms with Gasteiger partial charge in [0.15, 0.2) is 0 Å². The van der Waals surface area contributed by atoms with Crippen LogP contribution in [0.4, 0.5) is 8.78 Å². The van der Waals surface area contributed by atoms with E-state index < -0.39 is 17.4 Å². The fourth-order valence-corrected chi connectivity index (χ4v) is 4.50. The molecule has 34 heavy (non-hydrogen) atoms. The Bertz CT molecular complexity index is 1480. The average Bonchev–Trinajstić information content (AvgIpc) is 2.84. The molecule has 6 rings (SSSR count). The zero-order chi connectivity index (χ0) is 23.3. The van der Waals surface area contributed by atoms with Gasteiger partial charge in [-0.05, 0) is 47.5 Å². The summed E-state index contributed by atoms with van der Waals surface area (Å²) in [6.07, 6.45) is 4.85. The summed E-state index contributed by atoms with van der Waals surface area (Å²) in [5.41, 5.74) is 8.67. The van der Waals surface area contributed by atoms with Gasteiger partial charge < -0.3 is 15.2 Å². The Morgan fingerprint density at radius 2 is 1.76 bits per heavy atom. The van der Waals surface area contributed by atoms with Gasteiger partial charge in [0.2, 0.25) is 17.8 Å². The lowest BCUT2D eigenvalue weighted by Gasteiger charge is -2.39. The van der Waals surface area contributed by atoms with E-state index in [-0.39, 0.29) is 6.02 Å². The highest BCUT2D eigenvalue weighted by atomic mass is 19.1. The van der Waals surface area contributed by atoms with E-state index in [2.05, 4.69) is 15.0 Å². The fourth-order valence-electron chi connectivity index (χ4n) is 4.50. The molecule has 0 amide bonds. The summed E-state index contributed by atoms with van der Waals surface area (Å²) in [7, 11) is 0. The van der Waals surface area contributed by atoms with Crippen LogP contribution in [-0.2, 0) is 10.3 Å². The SMILES string of the molecule is NC1=N[C@]2(CCO1)c1cc(-c3cccnc3F)ccc1Oc1ncc(-c3ccnc(F)c3)cc12. The first-order valence-electron chi connectivity index (χ1n) is 10.6. The molecule has 4 aromatic rings. The highest BCUT2D eigenvalue weighted by Gasteiger charge is 2.45. The molecule has 2 aliphatic heterocycles. The number of fused-ring (bicyclic) bond motifs is 4. The number of hydrogen-bond donors (Lipinski definition) is 1. The van der Waals surface area contributed by atoms with Crippen LogP contribution in [-0.4, -0.2) is 27.6 Å². The Hall–Kier alpha value is -4.40. The van der Waals surface area contributed by atoms with Crippen LogP contribution >= 0.6 is 0 Å². The van der Waals surface area contributed by atoms with Crippen molar-refractivity contribution in [1.82, 2.24) is 15.0 Å². The molecule has 0 unspecified atom stereocenters. The zero-order valence-electron chi connectivity index (χ0n) is 17.7. The van der Waals surface area contributed by atoms with Crippen LogP contribution in [0.5, 0.6) is 11.6 Å². The molecule has 1 aromatic carbocycles. The van der Waals surface area contributed by atoms with Crippen LogP contribution in [0, 0.1) is 11.9 Å². The standard InChI is InChI=1S/C25H17F2N5O2/c26-21-12-14(5-8-29-21)16-11-19-23(31-13-16)34-20-4-3-15(17-2-1-7-30-22(17)27)10-18(20)25(19)6-9-33-24(28)32-25/h1-5,7-8,10-13H,6,9H2,(H2,28,32)/t25-/m1/s1. The van der Waals surface area contributed by atoms with Gasteiger partial charge in [0.05, 0.1) is 6.61 Å². The predicted molar refractivity (Wildman–Crippen MR) is 120 cm³/mol. The van der Waals surface area contributed by atoms with Crippen molar-refractivity contribution >= 4 is 6.02 Å². The smallest absolute Gasteiger partial charge is 0.283 e. The molecule has 5 heterocycles. The molecule has 1 spiro atoms. The molecule has 1 atom stereocenters. The van der Waals surface area contributed by atoms with E-state index in [0.717, 1.165) is 0 Å². The van der Waals surface area contributed by atoms with Gasteiger partial charge in [-0.15, -0.1) is 0 Å². The van der Waals surface area contributed by atoms with Crippen molar-refractivity contribution in [1.29, 1.82) is 0 Å². The molecule has 0 saturated heterocycles. The maximum absolute atomic E-state index is 14.5. The van der Waals surface area contributed by atoms with Gasteiger partial charge in [-0.3, -0.25) is 0 Å². The fraction of sp³-hybridized carbons (Fsp3) is 0.120. The minimum Gasteiger partial charge on any atom is -0.465 e. The number of aliphatic imine (C=N–C) groups is 1. The van der Waals surface area contributed by atoms with Crippen LogP contribution in [0.1, 0.15) is 17.5 Å². The van der Waals surface area contributed by atoms with Crippen molar-refractivity contribution in [3.05, 3.63) is 90.1 Å². The van der Waals surface area contributed by atoms with Crippen molar-refractivity contribution in [3.63, 3.8) is 0 Å². The van der Waals surface area contributed by atoms with Crippen molar-refractivity contribution in [2.45, 2.75) is 12.0 Å². The minimum absolute atomic E-state index is 0.0309. The highest BCUT2D eigenvalue weighted by Crippen LogP contribution is 2.52. The van der Waals surface area contributed by atoms with Gasteiger partial charge in [-0.25, -0.2) is 19.9 Å². The molecule has 3 aromatic heterocycles. The summed E-state index contributed by atoms with van der Waals surface area (Å²) in [4.78, 5) is 16.6. The van der Waals surface area contributed by atoms with E-state index in [1.165, 1.54) is 18.5 Å². The quantitative estimate of drug-likeness (QED) is 0.443. The number of amidine groups is 1. The number of pyridine rings is 3. The van der Waals surface area contributed by atoms with Crippen LogP contribution in [0.25, 0.3) is 22.3 Å². The van der Waals surface area contributed by atoms with E-state index >= 15 is 0 Å². The molecular formula is C25H17F2N5O2. The van der Waals surface area contributed by atoms with E-state index in [1.807, 2.05) is 12.1 Å². The third-order valence-corrected chi connectivity index (χ3v) is 6.07. The molecule has 0 fully saturated rings. The van der Waals surface area contributed by atoms with Crippen molar-refractivity contribution in [2.24, 2.45) is 10.7 Å². The summed E-state index contributed by atoms with van der Waals surface area (Å²) in [5.74, 6) is -0.269. The Balaban J connectivity index is 1.58. The van der Waals surface area contributed by atoms with Gasteiger partial charge in [0.1, 0.15) is 11.3 Å². The van der Waals surface area contributed by atoms with E-state index in [1.54, 1.807) is 36.5 Å². The van der Waals surface area contributed by atoms with Gasteiger partial charge in [0, 0.05) is 53.3 Å². The maximum atomic E-state index is 14.5. The van der Waals surface area contributed by atoms with Gasteiger partial charge >= 0.3 is 0 Å². The maximum Gasteiger partial charge on any atom is 0.283 e. The summed E-state index contributed by atoms with van der Waals surface area (Å²) >= 11 is 0.